The molecule has 2 amide bonds. The minimum atomic E-state index is -0.789. The summed E-state index contributed by atoms with van der Waals surface area (Å²) in [5.41, 5.74) is 5.39. The van der Waals surface area contributed by atoms with Crippen LogP contribution in [0.2, 0.25) is 5.02 Å². The third-order valence-corrected chi connectivity index (χ3v) is 2.47. The number of amides is 2. The van der Waals surface area contributed by atoms with Gasteiger partial charge in [-0.2, -0.15) is 4.99 Å². The lowest BCUT2D eigenvalue weighted by molar-refractivity contribution is -0.138. The Labute approximate surface area is 95.9 Å². The molecule has 16 heavy (non-hydrogen) atoms. The Morgan fingerprint density at radius 1 is 1.38 bits per heavy atom. The maximum absolute atomic E-state index is 11.6. The van der Waals surface area contributed by atoms with Gasteiger partial charge in [-0.25, -0.2) is 4.79 Å². The molecule has 1 aliphatic heterocycles. The van der Waals surface area contributed by atoms with Crippen molar-refractivity contribution in [3.63, 3.8) is 0 Å². The first kappa shape index (κ1) is 10.9. The van der Waals surface area contributed by atoms with E-state index in [1.165, 1.54) is 4.58 Å². The molecule has 82 valence electrons. The summed E-state index contributed by atoms with van der Waals surface area (Å²) in [7, 11) is 0. The Balaban J connectivity index is 2.81. The third kappa shape index (κ3) is 1.75. The van der Waals surface area contributed by atoms with E-state index >= 15 is 0 Å². The van der Waals surface area contributed by atoms with Crippen molar-refractivity contribution < 1.29 is 9.59 Å². The lowest BCUT2D eigenvalue weighted by atomic mass is 10.3. The van der Waals surface area contributed by atoms with Crippen molar-refractivity contribution in [2.75, 3.05) is 13.1 Å². The largest absolute Gasteiger partial charge is 0.480 e. The zero-order chi connectivity index (χ0) is 11.7. The smallest absolute Gasteiger partial charge is 0.325 e. The molecule has 0 unspecified atom stereocenters. The van der Waals surface area contributed by atoms with Gasteiger partial charge in [-0.3, -0.25) is 4.79 Å². The highest BCUT2D eigenvalue weighted by Gasteiger charge is 2.30. The molecule has 0 bridgehead atoms. The molecule has 0 saturated carbocycles. The van der Waals surface area contributed by atoms with Crippen LogP contribution in [0.3, 0.4) is 0 Å². The van der Waals surface area contributed by atoms with Crippen LogP contribution in [0.15, 0.2) is 23.2 Å². The molecule has 0 radical (unpaired) electrons. The van der Waals surface area contributed by atoms with Crippen molar-refractivity contribution in [3.05, 3.63) is 33.9 Å². The molecule has 0 saturated heterocycles. The van der Waals surface area contributed by atoms with Gasteiger partial charge in [0.2, 0.25) is 5.36 Å². The van der Waals surface area contributed by atoms with Crippen LogP contribution >= 0.6 is 11.6 Å². The normalized spacial score (nSPS) is 14.8. The summed E-state index contributed by atoms with van der Waals surface area (Å²) in [6.07, 6.45) is 0. The van der Waals surface area contributed by atoms with E-state index in [-0.39, 0.29) is 13.1 Å². The van der Waals surface area contributed by atoms with E-state index in [9.17, 15) is 9.59 Å². The zero-order valence-electron chi connectivity index (χ0n) is 8.31. The standard InChI is InChI=1S/C10H9ClN3O2/c11-6-1-2-8-7(5-6)13-9(15)10(16)14(8)4-3-12/h1-2,5H,3-4,12H2/q+1. The summed E-state index contributed by atoms with van der Waals surface area (Å²) in [6.45, 7) is 0.565. The molecule has 2 N–H and O–H groups in total. The Morgan fingerprint density at radius 3 is 2.81 bits per heavy atom. The molecule has 6 heteroatoms. The van der Waals surface area contributed by atoms with Gasteiger partial charge in [0.15, 0.2) is 6.54 Å². The molecule has 0 atom stereocenters. The topological polar surface area (TPSA) is 75.5 Å². The van der Waals surface area contributed by atoms with Gasteiger partial charge < -0.3 is 5.73 Å². The van der Waals surface area contributed by atoms with Crippen LogP contribution in [-0.4, -0.2) is 24.9 Å². The molecular weight excluding hydrogens is 230 g/mol. The maximum atomic E-state index is 11.6. The molecule has 1 aliphatic rings. The summed E-state index contributed by atoms with van der Waals surface area (Å²) >= 11 is 5.79. The fourth-order valence-electron chi connectivity index (χ4n) is 1.55. The third-order valence-electron chi connectivity index (χ3n) is 2.23. The summed E-state index contributed by atoms with van der Waals surface area (Å²) in [5.74, 6) is -1.44. The van der Waals surface area contributed by atoms with Crippen LogP contribution in [0.1, 0.15) is 0 Å². The first-order valence-corrected chi connectivity index (χ1v) is 5.08. The van der Waals surface area contributed by atoms with Crippen LogP contribution in [-0.2, 0) is 9.59 Å². The van der Waals surface area contributed by atoms with Gasteiger partial charge in [-0.05, 0) is 12.1 Å². The number of halogens is 1. The second-order valence-corrected chi connectivity index (χ2v) is 3.73. The van der Waals surface area contributed by atoms with Crippen LogP contribution in [0.5, 0.6) is 0 Å². The molecule has 1 aromatic rings. The number of hydrogen-bond donors (Lipinski definition) is 1. The summed E-state index contributed by atoms with van der Waals surface area (Å²) in [4.78, 5) is 26.5. The first-order chi connectivity index (χ1) is 7.63. The molecule has 0 aromatic heterocycles. The monoisotopic (exact) mass is 238 g/mol. The van der Waals surface area contributed by atoms with E-state index < -0.39 is 11.8 Å². The number of carbonyl (C=O) groups excluding carboxylic acids is 2. The van der Waals surface area contributed by atoms with Crippen LogP contribution in [0.25, 0.3) is 0 Å². The molecule has 0 fully saturated rings. The van der Waals surface area contributed by atoms with Gasteiger partial charge in [-0.1, -0.05) is 11.6 Å². The van der Waals surface area contributed by atoms with Crippen LogP contribution in [0, 0.1) is 0 Å². The van der Waals surface area contributed by atoms with Crippen molar-refractivity contribution in [2.24, 2.45) is 10.7 Å². The van der Waals surface area contributed by atoms with Gasteiger partial charge in [0, 0.05) is 11.1 Å². The highest BCUT2D eigenvalue weighted by Crippen LogP contribution is 2.00. The van der Waals surface area contributed by atoms with Crippen molar-refractivity contribution in [1.29, 1.82) is 0 Å². The van der Waals surface area contributed by atoms with Crippen molar-refractivity contribution in [1.82, 2.24) is 4.58 Å². The summed E-state index contributed by atoms with van der Waals surface area (Å²) < 4.78 is 1.32. The number of carbonyl (C=O) groups is 2. The van der Waals surface area contributed by atoms with Gasteiger partial charge in [-0.15, -0.1) is 4.58 Å². The van der Waals surface area contributed by atoms with Crippen molar-refractivity contribution >= 4 is 23.4 Å². The predicted octanol–water partition coefficient (Wildman–Crippen LogP) is -1.52. The van der Waals surface area contributed by atoms with E-state index in [0.717, 1.165) is 0 Å². The molecule has 0 spiro atoms. The number of hydrogen-bond acceptors (Lipinski definition) is 3. The Morgan fingerprint density at radius 2 is 2.12 bits per heavy atom. The summed E-state index contributed by atoms with van der Waals surface area (Å²) in [6, 6.07) is 4.84. The number of nitrogens with two attached hydrogens (primary N) is 1. The maximum Gasteiger partial charge on any atom is 0.480 e. The molecular formula is C10H9ClN3O2+. The Hall–Kier alpha value is -1.59. The van der Waals surface area contributed by atoms with E-state index in [4.69, 9.17) is 17.3 Å². The lowest BCUT2D eigenvalue weighted by Crippen LogP contribution is -2.52. The van der Waals surface area contributed by atoms with E-state index in [2.05, 4.69) is 4.99 Å². The van der Waals surface area contributed by atoms with E-state index in [1.807, 2.05) is 0 Å². The highest BCUT2D eigenvalue weighted by molar-refractivity contribution is 6.36. The fraction of sp³-hybridized carbons (Fsp3) is 0.200. The van der Waals surface area contributed by atoms with Crippen molar-refractivity contribution in [3.8, 4) is 0 Å². The quantitative estimate of drug-likeness (QED) is 0.502. The number of rotatable bonds is 2. The highest BCUT2D eigenvalue weighted by atomic mass is 35.5. The number of nitrogens with zero attached hydrogens (tertiary/aromatic N) is 2. The molecule has 2 rings (SSSR count). The predicted molar refractivity (Wildman–Crippen MR) is 57.4 cm³/mol. The van der Waals surface area contributed by atoms with Gasteiger partial charge >= 0.3 is 11.8 Å². The van der Waals surface area contributed by atoms with Crippen LogP contribution < -0.4 is 21.0 Å². The van der Waals surface area contributed by atoms with Gasteiger partial charge in [0.25, 0.3) is 0 Å². The fourth-order valence-corrected chi connectivity index (χ4v) is 1.71. The van der Waals surface area contributed by atoms with Gasteiger partial charge in [0.05, 0.1) is 6.54 Å². The summed E-state index contributed by atoms with van der Waals surface area (Å²) in [5, 5.41) is 1.45. The first-order valence-electron chi connectivity index (χ1n) is 4.70. The van der Waals surface area contributed by atoms with Crippen LogP contribution in [0.4, 0.5) is 0 Å². The average Bonchev–Trinajstić information content (AvgIpc) is 2.24. The SMILES string of the molecule is NCC[N+]1=c2ccc(Cl)cc2=NC(=O)C1=O. The Bertz CT molecular complexity index is 595. The molecule has 0 aliphatic carbocycles. The second-order valence-electron chi connectivity index (χ2n) is 3.30. The minimum Gasteiger partial charge on any atom is -0.325 e. The second kappa shape index (κ2) is 4.11. The number of benzene rings is 1. The van der Waals surface area contributed by atoms with Gasteiger partial charge in [0.1, 0.15) is 5.36 Å². The minimum absolute atomic E-state index is 0.279. The average molecular weight is 239 g/mol. The zero-order valence-corrected chi connectivity index (χ0v) is 9.07. The van der Waals surface area contributed by atoms with E-state index in [1.54, 1.807) is 18.2 Å². The molecule has 1 aromatic carbocycles. The number of fused-ring (bicyclic) bond motifs is 1. The molecule has 5 nitrogen and oxygen atoms in total. The molecule has 1 heterocycles. The van der Waals surface area contributed by atoms with Crippen molar-refractivity contribution in [2.45, 2.75) is 0 Å². The lowest BCUT2D eigenvalue weighted by Gasteiger charge is -2.01. The van der Waals surface area contributed by atoms with E-state index in [0.29, 0.717) is 15.7 Å². The Kier molecular flexibility index (Phi) is 2.80.